The van der Waals surface area contributed by atoms with Crippen molar-refractivity contribution < 1.29 is 9.59 Å². The van der Waals surface area contributed by atoms with E-state index in [4.69, 9.17) is 11.5 Å². The molecular formula is C14H16N4O2. The van der Waals surface area contributed by atoms with Crippen LogP contribution in [0.2, 0.25) is 0 Å². The number of likely N-dealkylation sites (tertiary alicyclic amines) is 1. The van der Waals surface area contributed by atoms with E-state index in [1.165, 1.54) is 17.3 Å². The molecule has 1 aromatic heterocycles. The summed E-state index contributed by atoms with van der Waals surface area (Å²) in [6.07, 6.45) is 4.42. The number of nitrogens with zero attached hydrogens (tertiary/aromatic N) is 2. The van der Waals surface area contributed by atoms with Gasteiger partial charge in [0.25, 0.3) is 5.91 Å². The van der Waals surface area contributed by atoms with Crippen LogP contribution >= 0.6 is 0 Å². The van der Waals surface area contributed by atoms with Crippen LogP contribution in [0.4, 0.5) is 0 Å². The minimum Gasteiger partial charge on any atom is -0.368 e. The van der Waals surface area contributed by atoms with E-state index in [2.05, 4.69) is 16.8 Å². The second-order valence-electron chi connectivity index (χ2n) is 4.49. The Kier molecular flexibility index (Phi) is 4.33. The van der Waals surface area contributed by atoms with E-state index in [1.54, 1.807) is 6.07 Å². The normalized spacial score (nSPS) is 17.4. The monoisotopic (exact) mass is 272 g/mol. The molecule has 20 heavy (non-hydrogen) atoms. The van der Waals surface area contributed by atoms with E-state index < -0.39 is 11.9 Å². The van der Waals surface area contributed by atoms with E-state index in [9.17, 15) is 9.59 Å². The quantitative estimate of drug-likeness (QED) is 0.707. The highest BCUT2D eigenvalue weighted by Crippen LogP contribution is 2.21. The molecule has 6 nitrogen and oxygen atoms in total. The zero-order chi connectivity index (χ0) is 14.5. The van der Waals surface area contributed by atoms with Gasteiger partial charge in [-0.1, -0.05) is 11.8 Å². The summed E-state index contributed by atoms with van der Waals surface area (Å²) in [7, 11) is 0. The number of pyridine rings is 1. The Bertz CT molecular complexity index is 588. The van der Waals surface area contributed by atoms with Gasteiger partial charge < -0.3 is 16.4 Å². The maximum absolute atomic E-state index is 12.5. The summed E-state index contributed by atoms with van der Waals surface area (Å²) in [5.41, 5.74) is 11.6. The molecule has 104 valence electrons. The lowest BCUT2D eigenvalue weighted by atomic mass is 10.1. The van der Waals surface area contributed by atoms with Crippen LogP contribution in [0.15, 0.2) is 18.5 Å². The van der Waals surface area contributed by atoms with Gasteiger partial charge in [-0.05, 0) is 18.9 Å². The number of carbonyl (C=O) groups excluding carboxylic acids is 2. The summed E-state index contributed by atoms with van der Waals surface area (Å²) in [5.74, 6) is 4.81. The van der Waals surface area contributed by atoms with Crippen LogP contribution in [-0.2, 0) is 4.79 Å². The zero-order valence-corrected chi connectivity index (χ0v) is 11.0. The fraction of sp³-hybridized carbons (Fsp3) is 0.357. The third-order valence-corrected chi connectivity index (χ3v) is 3.22. The van der Waals surface area contributed by atoms with Crippen LogP contribution in [-0.4, -0.2) is 40.8 Å². The highest BCUT2D eigenvalue weighted by Gasteiger charge is 2.33. The summed E-state index contributed by atoms with van der Waals surface area (Å²) in [5, 5.41) is 0. The largest absolute Gasteiger partial charge is 0.368 e. The van der Waals surface area contributed by atoms with Crippen LogP contribution < -0.4 is 11.5 Å². The third kappa shape index (κ3) is 2.78. The Morgan fingerprint density at radius 1 is 1.50 bits per heavy atom. The predicted octanol–water partition coefficient (Wildman–Crippen LogP) is -0.518. The van der Waals surface area contributed by atoms with Crippen molar-refractivity contribution >= 4 is 11.8 Å². The van der Waals surface area contributed by atoms with Crippen molar-refractivity contribution in [2.45, 2.75) is 18.9 Å². The maximum Gasteiger partial charge on any atom is 0.255 e. The van der Waals surface area contributed by atoms with Gasteiger partial charge in [0.05, 0.1) is 17.7 Å². The number of primary amides is 1. The van der Waals surface area contributed by atoms with Crippen LogP contribution in [0, 0.1) is 11.8 Å². The number of carbonyl (C=O) groups is 2. The van der Waals surface area contributed by atoms with Gasteiger partial charge in [-0.15, -0.1) is 0 Å². The first-order chi connectivity index (χ1) is 9.65. The first-order valence-corrected chi connectivity index (χ1v) is 6.38. The Morgan fingerprint density at radius 2 is 2.30 bits per heavy atom. The summed E-state index contributed by atoms with van der Waals surface area (Å²) in [4.78, 5) is 29.4. The summed E-state index contributed by atoms with van der Waals surface area (Å²) >= 11 is 0. The van der Waals surface area contributed by atoms with Gasteiger partial charge in [-0.2, -0.15) is 0 Å². The zero-order valence-electron chi connectivity index (χ0n) is 11.0. The molecule has 1 atom stereocenters. The molecule has 1 aromatic rings. The van der Waals surface area contributed by atoms with Gasteiger partial charge in [-0.25, -0.2) is 0 Å². The second-order valence-corrected chi connectivity index (χ2v) is 4.49. The second kappa shape index (κ2) is 6.17. The number of rotatable bonds is 2. The average Bonchev–Trinajstić information content (AvgIpc) is 2.94. The number of aromatic nitrogens is 1. The Labute approximate surface area is 117 Å². The SMILES string of the molecule is NCC#Cc1cnccc1C(=O)N1CCCC1C(N)=O. The molecule has 0 bridgehead atoms. The number of amides is 2. The lowest BCUT2D eigenvalue weighted by Crippen LogP contribution is -2.43. The molecule has 1 aliphatic rings. The van der Waals surface area contributed by atoms with E-state index >= 15 is 0 Å². The van der Waals surface area contributed by atoms with Gasteiger partial charge >= 0.3 is 0 Å². The van der Waals surface area contributed by atoms with Gasteiger partial charge in [0.1, 0.15) is 6.04 Å². The topological polar surface area (TPSA) is 102 Å². The number of hydrogen-bond donors (Lipinski definition) is 2. The van der Waals surface area contributed by atoms with E-state index in [0.29, 0.717) is 24.1 Å². The Hall–Kier alpha value is -2.39. The predicted molar refractivity (Wildman–Crippen MR) is 73.4 cm³/mol. The van der Waals surface area contributed by atoms with Crippen molar-refractivity contribution in [3.8, 4) is 11.8 Å². The fourth-order valence-electron chi connectivity index (χ4n) is 2.29. The van der Waals surface area contributed by atoms with E-state index in [1.807, 2.05) is 0 Å². The summed E-state index contributed by atoms with van der Waals surface area (Å²) < 4.78 is 0. The smallest absolute Gasteiger partial charge is 0.255 e. The van der Waals surface area contributed by atoms with Crippen LogP contribution in [0.1, 0.15) is 28.8 Å². The van der Waals surface area contributed by atoms with Crippen LogP contribution in [0.25, 0.3) is 0 Å². The van der Waals surface area contributed by atoms with Gasteiger partial charge in [0, 0.05) is 18.9 Å². The van der Waals surface area contributed by atoms with Crippen molar-refractivity contribution in [3.05, 3.63) is 29.6 Å². The van der Waals surface area contributed by atoms with Crippen molar-refractivity contribution in [3.63, 3.8) is 0 Å². The Balaban J connectivity index is 2.31. The van der Waals surface area contributed by atoms with Gasteiger partial charge in [0.2, 0.25) is 5.91 Å². The standard InChI is InChI=1S/C14H16N4O2/c15-6-1-3-10-9-17-7-5-11(10)14(20)18-8-2-4-12(18)13(16)19/h5,7,9,12H,2,4,6,8,15H2,(H2,16,19). The minimum absolute atomic E-state index is 0.205. The van der Waals surface area contributed by atoms with E-state index in [0.717, 1.165) is 6.42 Å². The van der Waals surface area contributed by atoms with Gasteiger partial charge in [-0.3, -0.25) is 14.6 Å². The third-order valence-electron chi connectivity index (χ3n) is 3.22. The lowest BCUT2D eigenvalue weighted by Gasteiger charge is -2.22. The molecule has 4 N–H and O–H groups in total. The fourth-order valence-corrected chi connectivity index (χ4v) is 2.29. The van der Waals surface area contributed by atoms with Crippen LogP contribution in [0.5, 0.6) is 0 Å². The average molecular weight is 272 g/mol. The van der Waals surface area contributed by atoms with E-state index in [-0.39, 0.29) is 12.5 Å². The minimum atomic E-state index is -0.536. The summed E-state index contributed by atoms with van der Waals surface area (Å²) in [6.45, 7) is 0.731. The number of nitrogens with two attached hydrogens (primary N) is 2. The molecule has 0 radical (unpaired) electrons. The molecule has 2 heterocycles. The Morgan fingerprint density at radius 3 is 3.00 bits per heavy atom. The highest BCUT2D eigenvalue weighted by atomic mass is 16.2. The first kappa shape index (κ1) is 14.0. The maximum atomic E-state index is 12.5. The molecule has 0 aliphatic carbocycles. The van der Waals surface area contributed by atoms with Crippen molar-refractivity contribution in [2.75, 3.05) is 13.1 Å². The molecule has 2 rings (SSSR count). The molecule has 0 spiro atoms. The van der Waals surface area contributed by atoms with Gasteiger partial charge in [0.15, 0.2) is 0 Å². The molecule has 2 amide bonds. The summed E-state index contributed by atoms with van der Waals surface area (Å²) in [6, 6.07) is 1.06. The molecule has 1 unspecified atom stereocenters. The molecule has 6 heteroatoms. The van der Waals surface area contributed by atoms with Crippen molar-refractivity contribution in [1.29, 1.82) is 0 Å². The molecule has 0 saturated carbocycles. The molecular weight excluding hydrogens is 256 g/mol. The number of hydrogen-bond acceptors (Lipinski definition) is 4. The molecule has 1 aliphatic heterocycles. The molecule has 0 aromatic carbocycles. The highest BCUT2D eigenvalue weighted by molar-refractivity contribution is 5.99. The van der Waals surface area contributed by atoms with Crippen LogP contribution in [0.3, 0.4) is 0 Å². The van der Waals surface area contributed by atoms with Crippen molar-refractivity contribution in [2.24, 2.45) is 11.5 Å². The molecule has 1 fully saturated rings. The lowest BCUT2D eigenvalue weighted by molar-refractivity contribution is -0.121. The van der Waals surface area contributed by atoms with Crippen molar-refractivity contribution in [1.82, 2.24) is 9.88 Å². The molecule has 1 saturated heterocycles. The first-order valence-electron chi connectivity index (χ1n) is 6.38.